The van der Waals surface area contributed by atoms with Crippen molar-refractivity contribution in [1.82, 2.24) is 14.9 Å². The largest absolute Gasteiger partial charge is 0.494 e. The lowest BCUT2D eigenvalue weighted by atomic mass is 9.77. The van der Waals surface area contributed by atoms with E-state index in [9.17, 15) is 4.79 Å². The molecule has 0 radical (unpaired) electrons. The first-order chi connectivity index (χ1) is 21.2. The van der Waals surface area contributed by atoms with Crippen molar-refractivity contribution in [3.8, 4) is 16.9 Å². The van der Waals surface area contributed by atoms with Gasteiger partial charge in [-0.1, -0.05) is 24.3 Å². The van der Waals surface area contributed by atoms with Crippen molar-refractivity contribution in [1.29, 1.82) is 0 Å². The Kier molecular flexibility index (Phi) is 7.91. The monoisotopic (exact) mass is 613 g/mol. The molecular formula is C35H44BN3O6. The number of aromatic nitrogens is 2. The van der Waals surface area contributed by atoms with Crippen molar-refractivity contribution in [3.05, 3.63) is 53.9 Å². The molecule has 0 spiro atoms. The number of fused-ring (bicyclic) bond motifs is 6. The molecule has 0 aliphatic carbocycles. The summed E-state index contributed by atoms with van der Waals surface area (Å²) < 4.78 is 28.8. The number of benzene rings is 3. The van der Waals surface area contributed by atoms with E-state index in [1.165, 1.54) is 0 Å². The minimum atomic E-state index is -0.542. The number of carbonyl (C=O) groups is 1. The van der Waals surface area contributed by atoms with Gasteiger partial charge in [-0.25, -0.2) is 9.78 Å². The number of amides is 1. The Hall–Kier alpha value is -3.60. The first-order valence-electron chi connectivity index (χ1n) is 15.7. The van der Waals surface area contributed by atoms with Crippen LogP contribution in [-0.4, -0.2) is 65.6 Å². The number of methoxy groups -OCH3 is 1. The number of rotatable bonds is 2. The quantitative estimate of drug-likeness (QED) is 0.246. The molecule has 4 aromatic rings. The van der Waals surface area contributed by atoms with Crippen molar-refractivity contribution in [3.63, 3.8) is 0 Å². The second-order valence-corrected chi connectivity index (χ2v) is 14.2. The zero-order chi connectivity index (χ0) is 32.3. The SMILES string of the molecule is CC(C)(C)OC(=O)N1CCCC1c1nc2c(ccc3cc4c(cc32)OCc2cc(B3OC(C)(C)C(C)(C)O3)ccc2-4)[nH]1.COC. The molecule has 0 saturated carbocycles. The number of aromatic amines is 1. The first kappa shape index (κ1) is 31.4. The van der Waals surface area contributed by atoms with Crippen LogP contribution in [0.5, 0.6) is 5.75 Å². The highest BCUT2D eigenvalue weighted by Gasteiger charge is 2.51. The average Bonchev–Trinajstić information content (AvgIpc) is 3.67. The third-order valence-electron chi connectivity index (χ3n) is 9.11. The molecule has 10 heteroatoms. The van der Waals surface area contributed by atoms with Crippen LogP contribution in [0.15, 0.2) is 42.5 Å². The Bertz CT molecular complexity index is 1740. The van der Waals surface area contributed by atoms with E-state index < -0.39 is 23.9 Å². The Balaban J connectivity index is 0.00000115. The van der Waals surface area contributed by atoms with E-state index in [-0.39, 0.29) is 12.1 Å². The summed E-state index contributed by atoms with van der Waals surface area (Å²) in [4.78, 5) is 23.2. The van der Waals surface area contributed by atoms with E-state index in [0.717, 1.165) is 68.4 Å². The molecule has 1 aromatic heterocycles. The molecule has 2 saturated heterocycles. The molecule has 1 N–H and O–H groups in total. The maximum atomic E-state index is 12.9. The summed E-state index contributed by atoms with van der Waals surface area (Å²) in [5.41, 5.74) is 4.82. The van der Waals surface area contributed by atoms with Crippen LogP contribution in [0.25, 0.3) is 32.9 Å². The second-order valence-electron chi connectivity index (χ2n) is 14.2. The summed E-state index contributed by atoms with van der Waals surface area (Å²) in [6.07, 6.45) is 1.47. The topological polar surface area (TPSA) is 95.1 Å². The summed E-state index contributed by atoms with van der Waals surface area (Å²) in [6, 6.07) is 14.7. The van der Waals surface area contributed by atoms with Gasteiger partial charge < -0.3 is 28.5 Å². The smallest absolute Gasteiger partial charge is 0.488 e. The number of likely N-dealkylation sites (tertiary alicyclic amines) is 1. The van der Waals surface area contributed by atoms with Crippen LogP contribution >= 0.6 is 0 Å². The molecule has 2 fully saturated rings. The standard InChI is InChI=1S/C33H38BN3O5.C2H6O/c1-31(2,3)40-30(38)37-14-8-9-26(37)29-35-25-13-10-19-16-24-22-12-11-21(34-41-32(4,5)33(6,7)42-34)15-20(22)18-39-27(24)17-23(19)28(25)36-29;1-3-2/h10-13,15-17,26H,8-9,14,18H2,1-7H3,(H,35,36);1-2H3. The third kappa shape index (κ3) is 5.80. The number of hydrogen-bond donors (Lipinski definition) is 1. The van der Waals surface area contributed by atoms with Crippen LogP contribution in [0.2, 0.25) is 0 Å². The average molecular weight is 614 g/mol. The minimum absolute atomic E-state index is 0.138. The van der Waals surface area contributed by atoms with Gasteiger partial charge in [0.05, 0.1) is 28.3 Å². The molecule has 0 bridgehead atoms. The van der Waals surface area contributed by atoms with Gasteiger partial charge in [-0.3, -0.25) is 4.90 Å². The van der Waals surface area contributed by atoms with E-state index in [1.807, 2.05) is 20.8 Å². The molecule has 4 heterocycles. The molecular weight excluding hydrogens is 569 g/mol. The van der Waals surface area contributed by atoms with Crippen molar-refractivity contribution in [2.24, 2.45) is 0 Å². The normalized spacial score (nSPS) is 20.0. The molecule has 7 rings (SSSR count). The molecule has 3 aromatic carbocycles. The van der Waals surface area contributed by atoms with Gasteiger partial charge in [0.15, 0.2) is 0 Å². The predicted molar refractivity (Wildman–Crippen MR) is 177 cm³/mol. The van der Waals surface area contributed by atoms with Crippen molar-refractivity contribution < 1.29 is 28.3 Å². The van der Waals surface area contributed by atoms with Gasteiger partial charge in [-0.15, -0.1) is 0 Å². The highest BCUT2D eigenvalue weighted by atomic mass is 16.7. The van der Waals surface area contributed by atoms with Gasteiger partial charge in [0.1, 0.15) is 23.8 Å². The summed E-state index contributed by atoms with van der Waals surface area (Å²) in [6.45, 7) is 15.1. The van der Waals surface area contributed by atoms with Crippen LogP contribution in [0.3, 0.4) is 0 Å². The van der Waals surface area contributed by atoms with E-state index in [4.69, 9.17) is 23.8 Å². The highest BCUT2D eigenvalue weighted by Crippen LogP contribution is 2.43. The van der Waals surface area contributed by atoms with Gasteiger partial charge in [0, 0.05) is 31.7 Å². The lowest BCUT2D eigenvalue weighted by Gasteiger charge is -2.32. The minimum Gasteiger partial charge on any atom is -0.488 e. The summed E-state index contributed by atoms with van der Waals surface area (Å²) in [7, 11) is 2.84. The second kappa shape index (κ2) is 11.3. The predicted octanol–water partition coefficient (Wildman–Crippen LogP) is 6.91. The molecule has 1 unspecified atom stereocenters. The lowest BCUT2D eigenvalue weighted by molar-refractivity contribution is 0.00578. The summed E-state index contributed by atoms with van der Waals surface area (Å²) >= 11 is 0. The fourth-order valence-electron chi connectivity index (χ4n) is 6.20. The van der Waals surface area contributed by atoms with Crippen LogP contribution < -0.4 is 10.2 Å². The van der Waals surface area contributed by atoms with Gasteiger partial charge in [-0.2, -0.15) is 0 Å². The van der Waals surface area contributed by atoms with Gasteiger partial charge >= 0.3 is 13.2 Å². The van der Waals surface area contributed by atoms with Gasteiger partial charge in [0.25, 0.3) is 0 Å². The number of nitrogens with zero attached hydrogens (tertiary/aromatic N) is 2. The van der Waals surface area contributed by atoms with E-state index in [0.29, 0.717) is 13.2 Å². The van der Waals surface area contributed by atoms with Crippen LogP contribution in [0.1, 0.15) is 78.7 Å². The van der Waals surface area contributed by atoms with Crippen LogP contribution in [-0.2, 0) is 25.4 Å². The molecule has 45 heavy (non-hydrogen) atoms. The Morgan fingerprint density at radius 3 is 2.42 bits per heavy atom. The van der Waals surface area contributed by atoms with E-state index in [1.54, 1.807) is 19.1 Å². The van der Waals surface area contributed by atoms with Gasteiger partial charge in [-0.05, 0) is 101 Å². The summed E-state index contributed by atoms with van der Waals surface area (Å²) in [5.74, 6) is 1.63. The van der Waals surface area contributed by atoms with Crippen molar-refractivity contribution in [2.75, 3.05) is 20.8 Å². The van der Waals surface area contributed by atoms with E-state index >= 15 is 0 Å². The fourth-order valence-corrected chi connectivity index (χ4v) is 6.20. The Morgan fingerprint density at radius 1 is 1.02 bits per heavy atom. The van der Waals surface area contributed by atoms with Crippen LogP contribution in [0, 0.1) is 0 Å². The number of nitrogens with one attached hydrogen (secondary N) is 1. The number of carbonyl (C=O) groups excluding carboxylic acids is 1. The summed E-state index contributed by atoms with van der Waals surface area (Å²) in [5, 5.41) is 2.11. The zero-order valence-corrected chi connectivity index (χ0v) is 27.9. The fraction of sp³-hybridized carbons (Fsp3) is 0.486. The number of hydrogen-bond acceptors (Lipinski definition) is 7. The highest BCUT2D eigenvalue weighted by molar-refractivity contribution is 6.62. The lowest BCUT2D eigenvalue weighted by Crippen LogP contribution is -2.41. The molecule has 3 aliphatic heterocycles. The number of ether oxygens (including phenoxy) is 3. The maximum absolute atomic E-state index is 12.9. The molecule has 3 aliphatic rings. The maximum Gasteiger partial charge on any atom is 0.494 e. The first-order valence-corrected chi connectivity index (χ1v) is 15.7. The number of H-pyrrole nitrogens is 1. The van der Waals surface area contributed by atoms with Crippen molar-refractivity contribution in [2.45, 2.75) is 90.8 Å². The Morgan fingerprint density at radius 2 is 1.73 bits per heavy atom. The molecule has 9 nitrogen and oxygen atoms in total. The zero-order valence-electron chi connectivity index (χ0n) is 27.9. The number of imidazole rings is 1. The Labute approximate surface area is 265 Å². The van der Waals surface area contributed by atoms with E-state index in [2.05, 4.69) is 79.9 Å². The molecule has 238 valence electrons. The molecule has 1 amide bonds. The van der Waals surface area contributed by atoms with Crippen LogP contribution in [0.4, 0.5) is 4.79 Å². The molecule has 1 atom stereocenters. The van der Waals surface area contributed by atoms with Gasteiger partial charge in [0.2, 0.25) is 0 Å². The third-order valence-corrected chi connectivity index (χ3v) is 9.11. The van der Waals surface area contributed by atoms with Crippen molar-refractivity contribution >= 4 is 40.5 Å².